The highest BCUT2D eigenvalue weighted by Gasteiger charge is 2.21. The Bertz CT molecular complexity index is 646. The highest BCUT2D eigenvalue weighted by molar-refractivity contribution is 5.98. The van der Waals surface area contributed by atoms with Gasteiger partial charge in [-0.15, -0.1) is 0 Å². The molecule has 0 spiro atoms. The maximum atomic E-state index is 12.3. The fourth-order valence-corrected chi connectivity index (χ4v) is 3.30. The van der Waals surface area contributed by atoms with Gasteiger partial charge in [0, 0.05) is 11.3 Å². The lowest BCUT2D eigenvalue weighted by atomic mass is 9.90. The van der Waals surface area contributed by atoms with Gasteiger partial charge in [0.05, 0.1) is 6.54 Å². The van der Waals surface area contributed by atoms with Crippen molar-refractivity contribution in [2.24, 2.45) is 5.92 Å². The Balaban J connectivity index is 1.48. The van der Waals surface area contributed by atoms with Crippen molar-refractivity contribution in [2.45, 2.75) is 19.3 Å². The topological polar surface area (TPSA) is 46.3 Å². The highest BCUT2D eigenvalue weighted by Crippen LogP contribution is 2.22. The van der Waals surface area contributed by atoms with Crippen molar-refractivity contribution < 1.29 is 4.79 Å². The Hall–Kier alpha value is -2.13. The second kappa shape index (κ2) is 7.42. The number of hydrogen-bond donors (Lipinski definition) is 1. The second-order valence-electron chi connectivity index (χ2n) is 6.46. The SMILES string of the molecule is Nc1cccc(C(=O)CN2CCC(Cc3ccccc3)CC2)c1. The number of hydrogen-bond acceptors (Lipinski definition) is 3. The largest absolute Gasteiger partial charge is 0.399 e. The molecule has 1 aliphatic rings. The number of likely N-dealkylation sites (tertiary alicyclic amines) is 1. The fourth-order valence-electron chi connectivity index (χ4n) is 3.30. The maximum absolute atomic E-state index is 12.3. The van der Waals surface area contributed by atoms with E-state index in [-0.39, 0.29) is 5.78 Å². The molecule has 0 atom stereocenters. The van der Waals surface area contributed by atoms with Crippen LogP contribution in [0.15, 0.2) is 54.6 Å². The molecule has 2 N–H and O–H groups in total. The summed E-state index contributed by atoms with van der Waals surface area (Å²) in [6.45, 7) is 2.51. The van der Waals surface area contributed by atoms with E-state index >= 15 is 0 Å². The Labute approximate surface area is 138 Å². The van der Waals surface area contributed by atoms with Gasteiger partial charge in [-0.1, -0.05) is 42.5 Å². The molecule has 0 aromatic heterocycles. The minimum Gasteiger partial charge on any atom is -0.399 e. The van der Waals surface area contributed by atoms with Crippen LogP contribution in [0.1, 0.15) is 28.8 Å². The fraction of sp³-hybridized carbons (Fsp3) is 0.350. The summed E-state index contributed by atoms with van der Waals surface area (Å²) in [5.41, 5.74) is 8.54. The summed E-state index contributed by atoms with van der Waals surface area (Å²) in [4.78, 5) is 14.6. The molecule has 3 rings (SSSR count). The minimum absolute atomic E-state index is 0.166. The van der Waals surface area contributed by atoms with Crippen LogP contribution in [0, 0.1) is 5.92 Å². The summed E-state index contributed by atoms with van der Waals surface area (Å²) in [5, 5.41) is 0. The van der Waals surface area contributed by atoms with E-state index in [0.717, 1.165) is 31.0 Å². The maximum Gasteiger partial charge on any atom is 0.176 e. The Morgan fingerprint density at radius 2 is 1.78 bits per heavy atom. The van der Waals surface area contributed by atoms with Crippen LogP contribution in [-0.2, 0) is 6.42 Å². The third kappa shape index (κ3) is 4.42. The van der Waals surface area contributed by atoms with Gasteiger partial charge in [-0.25, -0.2) is 0 Å². The van der Waals surface area contributed by atoms with E-state index in [9.17, 15) is 4.79 Å². The molecule has 0 unspecified atom stereocenters. The van der Waals surface area contributed by atoms with Crippen LogP contribution in [0.3, 0.4) is 0 Å². The highest BCUT2D eigenvalue weighted by atomic mass is 16.1. The van der Waals surface area contributed by atoms with E-state index in [1.807, 2.05) is 18.2 Å². The van der Waals surface area contributed by atoms with Crippen molar-refractivity contribution >= 4 is 11.5 Å². The Kier molecular flexibility index (Phi) is 5.09. The normalized spacial score (nSPS) is 16.3. The van der Waals surface area contributed by atoms with E-state index in [0.29, 0.717) is 12.2 Å². The number of Topliss-reactive ketones (excluding diaryl/α,β-unsaturated/α-hetero) is 1. The molecule has 1 heterocycles. The molecule has 3 heteroatoms. The first kappa shape index (κ1) is 15.8. The second-order valence-corrected chi connectivity index (χ2v) is 6.46. The molecule has 0 aliphatic carbocycles. The van der Waals surface area contributed by atoms with E-state index in [1.165, 1.54) is 18.4 Å². The number of nitrogen functional groups attached to an aromatic ring is 1. The predicted octanol–water partition coefficient (Wildman–Crippen LogP) is 3.41. The zero-order valence-corrected chi connectivity index (χ0v) is 13.4. The molecule has 1 fully saturated rings. The Morgan fingerprint density at radius 1 is 1.04 bits per heavy atom. The van der Waals surface area contributed by atoms with E-state index in [1.54, 1.807) is 6.07 Å². The first-order chi connectivity index (χ1) is 11.2. The number of ketones is 1. The zero-order chi connectivity index (χ0) is 16.1. The van der Waals surface area contributed by atoms with Crippen molar-refractivity contribution in [3.8, 4) is 0 Å². The van der Waals surface area contributed by atoms with Crippen LogP contribution in [-0.4, -0.2) is 30.3 Å². The third-order valence-electron chi connectivity index (χ3n) is 4.65. The number of anilines is 1. The lowest BCUT2D eigenvalue weighted by Crippen LogP contribution is -2.37. The molecular weight excluding hydrogens is 284 g/mol. The van der Waals surface area contributed by atoms with E-state index in [4.69, 9.17) is 5.73 Å². The van der Waals surface area contributed by atoms with Gasteiger partial charge in [0.2, 0.25) is 0 Å². The van der Waals surface area contributed by atoms with Crippen LogP contribution in [0.5, 0.6) is 0 Å². The average Bonchev–Trinajstić information content (AvgIpc) is 2.57. The smallest absolute Gasteiger partial charge is 0.176 e. The van der Waals surface area contributed by atoms with Gasteiger partial charge >= 0.3 is 0 Å². The van der Waals surface area contributed by atoms with Gasteiger partial charge in [-0.3, -0.25) is 9.69 Å². The quantitative estimate of drug-likeness (QED) is 0.680. The molecule has 23 heavy (non-hydrogen) atoms. The molecule has 3 nitrogen and oxygen atoms in total. The number of rotatable bonds is 5. The molecule has 0 amide bonds. The molecular formula is C20H24N2O. The molecule has 1 aliphatic heterocycles. The molecule has 0 radical (unpaired) electrons. The average molecular weight is 308 g/mol. The minimum atomic E-state index is 0.166. The summed E-state index contributed by atoms with van der Waals surface area (Å²) in [6.07, 6.45) is 3.48. The van der Waals surface area contributed by atoms with Crippen molar-refractivity contribution in [1.82, 2.24) is 4.90 Å². The van der Waals surface area contributed by atoms with Crippen molar-refractivity contribution in [1.29, 1.82) is 0 Å². The standard InChI is InChI=1S/C20H24N2O/c21-19-8-4-7-18(14-19)20(23)15-22-11-9-17(10-12-22)13-16-5-2-1-3-6-16/h1-8,14,17H,9-13,15,21H2. The number of benzene rings is 2. The van der Waals surface area contributed by atoms with Gasteiger partial charge in [-0.05, 0) is 56.0 Å². The number of carbonyl (C=O) groups excluding carboxylic acids is 1. The molecule has 1 saturated heterocycles. The molecule has 2 aromatic rings. The first-order valence-electron chi connectivity index (χ1n) is 8.36. The molecule has 120 valence electrons. The van der Waals surface area contributed by atoms with Gasteiger partial charge in [0.1, 0.15) is 0 Å². The van der Waals surface area contributed by atoms with Gasteiger partial charge in [0.15, 0.2) is 5.78 Å². The van der Waals surface area contributed by atoms with Crippen molar-refractivity contribution in [3.63, 3.8) is 0 Å². The summed E-state index contributed by atoms with van der Waals surface area (Å²) in [7, 11) is 0. The van der Waals surface area contributed by atoms with Crippen LogP contribution in [0.2, 0.25) is 0 Å². The number of carbonyl (C=O) groups is 1. The summed E-state index contributed by atoms with van der Waals surface area (Å²) in [6, 6.07) is 18.0. The van der Waals surface area contributed by atoms with Crippen LogP contribution < -0.4 is 5.73 Å². The van der Waals surface area contributed by atoms with Gasteiger partial charge in [0.25, 0.3) is 0 Å². The molecule has 2 aromatic carbocycles. The number of nitrogens with zero attached hydrogens (tertiary/aromatic N) is 1. The monoisotopic (exact) mass is 308 g/mol. The van der Waals surface area contributed by atoms with E-state index in [2.05, 4.69) is 35.2 Å². The van der Waals surface area contributed by atoms with Crippen LogP contribution >= 0.6 is 0 Å². The van der Waals surface area contributed by atoms with E-state index < -0.39 is 0 Å². The lowest BCUT2D eigenvalue weighted by molar-refractivity contribution is 0.0895. The van der Waals surface area contributed by atoms with Crippen molar-refractivity contribution in [3.05, 3.63) is 65.7 Å². The van der Waals surface area contributed by atoms with Gasteiger partial charge in [-0.2, -0.15) is 0 Å². The number of nitrogens with two attached hydrogens (primary N) is 1. The van der Waals surface area contributed by atoms with Crippen molar-refractivity contribution in [2.75, 3.05) is 25.4 Å². The predicted molar refractivity (Wildman–Crippen MR) is 94.5 cm³/mol. The van der Waals surface area contributed by atoms with Crippen LogP contribution in [0.4, 0.5) is 5.69 Å². The first-order valence-corrected chi connectivity index (χ1v) is 8.36. The molecule has 0 saturated carbocycles. The molecule has 0 bridgehead atoms. The summed E-state index contributed by atoms with van der Waals surface area (Å²) >= 11 is 0. The van der Waals surface area contributed by atoms with Crippen LogP contribution in [0.25, 0.3) is 0 Å². The number of piperidine rings is 1. The van der Waals surface area contributed by atoms with Gasteiger partial charge < -0.3 is 5.73 Å². The Morgan fingerprint density at radius 3 is 2.48 bits per heavy atom. The lowest BCUT2D eigenvalue weighted by Gasteiger charge is -2.31. The summed E-state index contributed by atoms with van der Waals surface area (Å²) in [5.74, 6) is 0.898. The third-order valence-corrected chi connectivity index (χ3v) is 4.65. The zero-order valence-electron chi connectivity index (χ0n) is 13.4. The summed E-state index contributed by atoms with van der Waals surface area (Å²) < 4.78 is 0.